The Hall–Kier alpha value is -3.53. The minimum Gasteiger partial charge on any atom is -0.337 e. The first-order valence-electron chi connectivity index (χ1n) is 11.6. The fourth-order valence-corrected chi connectivity index (χ4v) is 6.46. The van der Waals surface area contributed by atoms with Gasteiger partial charge in [0.05, 0.1) is 15.5 Å². The van der Waals surface area contributed by atoms with Gasteiger partial charge in [0.25, 0.3) is 11.5 Å². The van der Waals surface area contributed by atoms with Crippen molar-refractivity contribution in [2.45, 2.75) is 42.9 Å². The van der Waals surface area contributed by atoms with E-state index in [1.165, 1.54) is 16.5 Å². The van der Waals surface area contributed by atoms with Gasteiger partial charge in [0.15, 0.2) is 9.84 Å². The van der Waals surface area contributed by atoms with Crippen LogP contribution in [0.1, 0.15) is 36.7 Å². The molecule has 0 bridgehead atoms. The van der Waals surface area contributed by atoms with Gasteiger partial charge >= 0.3 is 0 Å². The van der Waals surface area contributed by atoms with Gasteiger partial charge < -0.3 is 9.47 Å². The second-order valence-electron chi connectivity index (χ2n) is 8.75. The van der Waals surface area contributed by atoms with Gasteiger partial charge in [-0.1, -0.05) is 13.0 Å². The van der Waals surface area contributed by atoms with Gasteiger partial charge in [-0.3, -0.25) is 14.0 Å². The minimum atomic E-state index is -3.62. The molecule has 10 heteroatoms. The van der Waals surface area contributed by atoms with Crippen molar-refractivity contribution in [3.05, 3.63) is 76.6 Å². The molecule has 1 aliphatic heterocycles. The maximum atomic E-state index is 13.5. The molecule has 1 aromatic carbocycles. The van der Waals surface area contributed by atoms with E-state index in [1.54, 1.807) is 39.9 Å². The van der Waals surface area contributed by atoms with Crippen LogP contribution in [0.2, 0.25) is 0 Å². The molecule has 35 heavy (non-hydrogen) atoms. The summed E-state index contributed by atoms with van der Waals surface area (Å²) in [7, 11) is -3.62. The Labute approximate surface area is 201 Å². The van der Waals surface area contributed by atoms with E-state index in [9.17, 15) is 22.4 Å². The molecular weight excluding hydrogens is 471 g/mol. The van der Waals surface area contributed by atoms with Gasteiger partial charge in [0, 0.05) is 25.8 Å². The number of amides is 1. The summed E-state index contributed by atoms with van der Waals surface area (Å²) >= 11 is 0. The van der Waals surface area contributed by atoms with Crippen molar-refractivity contribution < 1.29 is 17.6 Å². The lowest BCUT2D eigenvalue weighted by Crippen LogP contribution is -2.43. The van der Waals surface area contributed by atoms with Crippen LogP contribution in [0.4, 0.5) is 4.39 Å². The number of fused-ring (bicyclic) bond motifs is 2. The maximum Gasteiger partial charge on any atom is 0.270 e. The lowest BCUT2D eigenvalue weighted by molar-refractivity contribution is 0.0715. The molecule has 0 N–H and O–H groups in total. The quantitative estimate of drug-likeness (QED) is 0.396. The number of aryl methyl sites for hydroxylation is 1. The van der Waals surface area contributed by atoms with Crippen LogP contribution in [0.3, 0.4) is 0 Å². The third-order valence-electron chi connectivity index (χ3n) is 6.55. The Kier molecular flexibility index (Phi) is 5.92. The van der Waals surface area contributed by atoms with Crippen molar-refractivity contribution in [2.75, 3.05) is 13.1 Å². The van der Waals surface area contributed by atoms with Crippen molar-refractivity contribution >= 4 is 32.4 Å². The molecule has 0 unspecified atom stereocenters. The smallest absolute Gasteiger partial charge is 0.270 e. The molecule has 0 spiro atoms. The largest absolute Gasteiger partial charge is 0.337 e. The van der Waals surface area contributed by atoms with Gasteiger partial charge in [0.2, 0.25) is 0 Å². The summed E-state index contributed by atoms with van der Waals surface area (Å²) in [6, 6.07) is 11.7. The van der Waals surface area contributed by atoms with E-state index in [2.05, 4.69) is 4.98 Å². The number of nitrogens with zero attached hydrogens (tertiary/aromatic N) is 4. The van der Waals surface area contributed by atoms with Gasteiger partial charge in [-0.2, -0.15) is 0 Å². The highest BCUT2D eigenvalue weighted by atomic mass is 32.2. The zero-order valence-electron chi connectivity index (χ0n) is 19.2. The van der Waals surface area contributed by atoms with Crippen molar-refractivity contribution in [1.82, 2.24) is 18.9 Å². The monoisotopic (exact) mass is 496 g/mol. The highest BCUT2D eigenvalue weighted by Crippen LogP contribution is 2.26. The zero-order valence-corrected chi connectivity index (χ0v) is 20.0. The maximum absolute atomic E-state index is 13.5. The molecule has 4 heterocycles. The number of piperidine rings is 1. The second kappa shape index (κ2) is 8.92. The van der Waals surface area contributed by atoms with E-state index < -0.39 is 20.9 Å². The summed E-state index contributed by atoms with van der Waals surface area (Å²) in [5.74, 6) is -0.739. The minimum absolute atomic E-state index is 0.0883. The molecule has 0 radical (unpaired) electrons. The van der Waals surface area contributed by atoms with Crippen molar-refractivity contribution in [1.29, 1.82) is 0 Å². The van der Waals surface area contributed by atoms with Crippen LogP contribution >= 0.6 is 0 Å². The number of hydrogen-bond acceptors (Lipinski definition) is 5. The average Bonchev–Trinajstić information content (AvgIpc) is 3.23. The third kappa shape index (κ3) is 4.01. The van der Waals surface area contributed by atoms with Crippen molar-refractivity contribution in [2.24, 2.45) is 0 Å². The summed E-state index contributed by atoms with van der Waals surface area (Å²) in [5, 5.41) is -0.269. The summed E-state index contributed by atoms with van der Waals surface area (Å²) in [6.07, 6.45) is 2.96. The standard InChI is InChI=1S/C25H25FN4O4S/c1-2-12-29-21(16-20-23(29)27-22-5-3-4-13-30(22)24(20)31)25(32)28-14-10-19(11-15-28)35(33,34)18-8-6-17(26)7-9-18/h3-9,13,16,19H,2,10-12,14-15H2,1H3. The molecular formula is C25H25FN4O4S. The van der Waals surface area contributed by atoms with Crippen LogP contribution in [-0.2, 0) is 16.4 Å². The number of benzene rings is 1. The summed E-state index contributed by atoms with van der Waals surface area (Å²) in [6.45, 7) is 3.05. The third-order valence-corrected chi connectivity index (χ3v) is 8.83. The van der Waals surface area contributed by atoms with E-state index in [0.29, 0.717) is 28.9 Å². The van der Waals surface area contributed by atoms with E-state index in [4.69, 9.17) is 0 Å². The van der Waals surface area contributed by atoms with Gasteiger partial charge in [0.1, 0.15) is 22.8 Å². The number of sulfone groups is 1. The summed E-state index contributed by atoms with van der Waals surface area (Å²) < 4.78 is 42.4. The van der Waals surface area contributed by atoms with Gasteiger partial charge in [-0.15, -0.1) is 0 Å². The molecule has 0 saturated carbocycles. The highest BCUT2D eigenvalue weighted by molar-refractivity contribution is 7.92. The number of carbonyl (C=O) groups excluding carboxylic acids is 1. The highest BCUT2D eigenvalue weighted by Gasteiger charge is 2.34. The molecule has 1 fully saturated rings. The molecule has 182 valence electrons. The van der Waals surface area contributed by atoms with Crippen molar-refractivity contribution in [3.63, 3.8) is 0 Å². The lowest BCUT2D eigenvalue weighted by atomic mass is 10.1. The molecule has 1 saturated heterocycles. The van der Waals surface area contributed by atoms with Crippen LogP contribution in [-0.4, -0.2) is 51.5 Å². The van der Waals surface area contributed by atoms with Gasteiger partial charge in [-0.05, 0) is 61.7 Å². The average molecular weight is 497 g/mol. The molecule has 1 amide bonds. The second-order valence-corrected chi connectivity index (χ2v) is 11.0. The normalized spacial score (nSPS) is 15.2. The number of halogens is 1. The van der Waals surface area contributed by atoms with Crippen LogP contribution in [0, 0.1) is 5.82 Å². The molecule has 0 aliphatic carbocycles. The van der Waals surface area contributed by atoms with Crippen LogP contribution in [0.15, 0.2) is 64.4 Å². The first-order chi connectivity index (χ1) is 16.8. The lowest BCUT2D eigenvalue weighted by Gasteiger charge is -2.32. The van der Waals surface area contributed by atoms with E-state index in [0.717, 1.165) is 18.6 Å². The Morgan fingerprint density at radius 1 is 1.11 bits per heavy atom. The van der Waals surface area contributed by atoms with Crippen molar-refractivity contribution in [3.8, 4) is 0 Å². The molecule has 5 rings (SSSR count). The molecule has 0 atom stereocenters. The fourth-order valence-electron chi connectivity index (χ4n) is 4.73. The molecule has 8 nitrogen and oxygen atoms in total. The Morgan fingerprint density at radius 3 is 2.51 bits per heavy atom. The van der Waals surface area contributed by atoms with Crippen LogP contribution in [0.25, 0.3) is 16.7 Å². The topological polar surface area (TPSA) is 93.8 Å². The van der Waals surface area contributed by atoms with Gasteiger partial charge in [-0.25, -0.2) is 17.8 Å². The predicted octanol–water partition coefficient (Wildman–Crippen LogP) is 3.28. The first kappa shape index (κ1) is 23.2. The molecule has 1 aliphatic rings. The molecule has 4 aromatic rings. The SMILES string of the molecule is CCCn1c(C(=O)N2CCC(S(=O)(=O)c3ccc(F)cc3)CC2)cc2c(=O)n3ccccc3nc21. The zero-order chi connectivity index (χ0) is 24.7. The van der Waals surface area contributed by atoms with E-state index in [1.807, 2.05) is 6.92 Å². The summed E-state index contributed by atoms with van der Waals surface area (Å²) in [5.41, 5.74) is 1.12. The Bertz CT molecular complexity index is 1580. The number of carbonyl (C=O) groups is 1. The number of aromatic nitrogens is 3. The number of rotatable bonds is 5. The number of pyridine rings is 1. The van der Waals surface area contributed by atoms with Crippen LogP contribution in [0.5, 0.6) is 0 Å². The first-order valence-corrected chi connectivity index (χ1v) is 13.1. The van der Waals surface area contributed by atoms with E-state index >= 15 is 0 Å². The number of hydrogen-bond donors (Lipinski definition) is 0. The molecule has 3 aromatic heterocycles. The van der Waals surface area contributed by atoms with E-state index in [-0.39, 0.29) is 42.3 Å². The number of likely N-dealkylation sites (tertiary alicyclic amines) is 1. The van der Waals surface area contributed by atoms with Crippen LogP contribution < -0.4 is 5.56 Å². The predicted molar refractivity (Wildman–Crippen MR) is 130 cm³/mol. The Balaban J connectivity index is 1.43. The summed E-state index contributed by atoms with van der Waals surface area (Å²) in [4.78, 5) is 32.9. The fraction of sp³-hybridized carbons (Fsp3) is 0.320. The Morgan fingerprint density at radius 2 is 1.83 bits per heavy atom.